The predicted octanol–water partition coefficient (Wildman–Crippen LogP) is 0.782. The van der Waals surface area contributed by atoms with Gasteiger partial charge in [-0.05, 0) is 31.5 Å². The number of nitrogens with one attached hydrogen (secondary N) is 1. The van der Waals surface area contributed by atoms with Crippen LogP contribution in [0.5, 0.6) is 0 Å². The molecule has 0 radical (unpaired) electrons. The van der Waals surface area contributed by atoms with Gasteiger partial charge in [0.05, 0.1) is 5.75 Å². The Morgan fingerprint density at radius 2 is 2.05 bits per heavy atom. The van der Waals surface area contributed by atoms with Crippen LogP contribution in [0.1, 0.15) is 18.4 Å². The van der Waals surface area contributed by atoms with Crippen LogP contribution in [-0.4, -0.2) is 39.5 Å². The standard InChI is InChI=1S/C13H21N3O2S/c1-16(12-6-7-12)9-8-15-19(17,18)10-11-4-2-3-5-13(11)14/h2-5,12,15H,6-10,14H2,1H3. The third-order valence-corrected chi connectivity index (χ3v) is 4.69. The molecule has 5 nitrogen and oxygen atoms in total. The van der Waals surface area contributed by atoms with Crippen molar-refractivity contribution in [2.45, 2.75) is 24.6 Å². The molecule has 0 atom stereocenters. The molecule has 0 aliphatic heterocycles. The Balaban J connectivity index is 1.83. The minimum Gasteiger partial charge on any atom is -0.398 e. The van der Waals surface area contributed by atoms with Crippen LogP contribution in [0.3, 0.4) is 0 Å². The van der Waals surface area contributed by atoms with Crippen LogP contribution in [0.2, 0.25) is 0 Å². The largest absolute Gasteiger partial charge is 0.398 e. The molecule has 0 amide bonds. The van der Waals surface area contributed by atoms with Crippen molar-refractivity contribution in [3.63, 3.8) is 0 Å². The van der Waals surface area contributed by atoms with E-state index in [9.17, 15) is 8.42 Å². The van der Waals surface area contributed by atoms with E-state index >= 15 is 0 Å². The quantitative estimate of drug-likeness (QED) is 0.725. The SMILES string of the molecule is CN(CCNS(=O)(=O)Cc1ccccc1N)C1CC1. The van der Waals surface area contributed by atoms with Gasteiger partial charge in [-0.2, -0.15) is 0 Å². The Morgan fingerprint density at radius 1 is 1.37 bits per heavy atom. The average Bonchev–Trinajstić information content (AvgIpc) is 3.15. The second-order valence-electron chi connectivity index (χ2n) is 5.06. The molecule has 0 saturated heterocycles. The highest BCUT2D eigenvalue weighted by Crippen LogP contribution is 2.24. The van der Waals surface area contributed by atoms with E-state index in [0.717, 1.165) is 6.54 Å². The van der Waals surface area contributed by atoms with Crippen LogP contribution in [0.15, 0.2) is 24.3 Å². The van der Waals surface area contributed by atoms with E-state index in [0.29, 0.717) is 23.8 Å². The van der Waals surface area contributed by atoms with Gasteiger partial charge in [0.15, 0.2) is 0 Å². The van der Waals surface area contributed by atoms with E-state index in [1.165, 1.54) is 12.8 Å². The van der Waals surface area contributed by atoms with Crippen LogP contribution < -0.4 is 10.5 Å². The lowest BCUT2D eigenvalue weighted by atomic mass is 10.2. The van der Waals surface area contributed by atoms with Crippen molar-refractivity contribution in [2.24, 2.45) is 0 Å². The number of hydrogen-bond acceptors (Lipinski definition) is 4. The van der Waals surface area contributed by atoms with Crippen molar-refractivity contribution < 1.29 is 8.42 Å². The van der Waals surface area contributed by atoms with Gasteiger partial charge in [-0.3, -0.25) is 0 Å². The van der Waals surface area contributed by atoms with Crippen LogP contribution in [0, 0.1) is 0 Å². The monoisotopic (exact) mass is 283 g/mol. The molecule has 1 aliphatic rings. The summed E-state index contributed by atoms with van der Waals surface area (Å²) in [4.78, 5) is 2.19. The molecule has 0 bridgehead atoms. The Morgan fingerprint density at radius 3 is 2.68 bits per heavy atom. The number of nitrogens with two attached hydrogens (primary N) is 1. The van der Waals surface area contributed by atoms with Crippen LogP contribution in [0.4, 0.5) is 5.69 Å². The summed E-state index contributed by atoms with van der Waals surface area (Å²) in [5.74, 6) is -0.0627. The minimum absolute atomic E-state index is 0.0627. The van der Waals surface area contributed by atoms with Gasteiger partial charge in [-0.25, -0.2) is 13.1 Å². The number of anilines is 1. The molecule has 0 spiro atoms. The smallest absolute Gasteiger partial charge is 0.215 e. The number of nitrogens with zero attached hydrogens (tertiary/aromatic N) is 1. The maximum atomic E-state index is 11.9. The highest BCUT2D eigenvalue weighted by Gasteiger charge is 2.25. The molecular weight excluding hydrogens is 262 g/mol. The van der Waals surface area contributed by atoms with Crippen molar-refractivity contribution >= 4 is 15.7 Å². The summed E-state index contributed by atoms with van der Waals surface area (Å²) < 4.78 is 26.5. The maximum absolute atomic E-state index is 11.9. The fourth-order valence-electron chi connectivity index (χ4n) is 2.00. The molecule has 2 rings (SSSR count). The van der Waals surface area contributed by atoms with Crippen molar-refractivity contribution in [2.75, 3.05) is 25.9 Å². The second-order valence-corrected chi connectivity index (χ2v) is 6.87. The molecule has 19 heavy (non-hydrogen) atoms. The molecule has 1 aliphatic carbocycles. The molecular formula is C13H21N3O2S. The molecule has 0 heterocycles. The minimum atomic E-state index is -3.31. The topological polar surface area (TPSA) is 75.4 Å². The van der Waals surface area contributed by atoms with Gasteiger partial charge in [0.1, 0.15) is 0 Å². The number of sulfonamides is 1. The number of likely N-dealkylation sites (N-methyl/N-ethyl adjacent to an activating group) is 1. The van der Waals surface area contributed by atoms with E-state index in [-0.39, 0.29) is 5.75 Å². The Kier molecular flexibility index (Phi) is 4.44. The lowest BCUT2D eigenvalue weighted by Crippen LogP contribution is -2.34. The van der Waals surface area contributed by atoms with Gasteiger partial charge in [0.25, 0.3) is 0 Å². The first kappa shape index (κ1) is 14.3. The van der Waals surface area contributed by atoms with E-state index in [4.69, 9.17) is 5.73 Å². The van der Waals surface area contributed by atoms with Crippen LogP contribution in [0.25, 0.3) is 0 Å². The Bertz CT molecular complexity index is 526. The molecule has 106 valence electrons. The lowest BCUT2D eigenvalue weighted by Gasteiger charge is -2.16. The molecule has 1 fully saturated rings. The summed E-state index contributed by atoms with van der Waals surface area (Å²) >= 11 is 0. The first-order valence-corrected chi connectivity index (χ1v) is 8.14. The maximum Gasteiger partial charge on any atom is 0.215 e. The summed E-state index contributed by atoms with van der Waals surface area (Å²) in [5.41, 5.74) is 6.91. The van der Waals surface area contributed by atoms with Gasteiger partial charge in [-0.1, -0.05) is 18.2 Å². The number of benzene rings is 1. The Hall–Kier alpha value is -1.11. The molecule has 0 unspecified atom stereocenters. The summed E-state index contributed by atoms with van der Waals surface area (Å²) in [6.45, 7) is 1.19. The fourth-order valence-corrected chi connectivity index (χ4v) is 3.17. The number of para-hydroxylation sites is 1. The number of nitrogen functional groups attached to an aromatic ring is 1. The normalized spacial score (nSPS) is 15.9. The van der Waals surface area contributed by atoms with E-state index < -0.39 is 10.0 Å². The summed E-state index contributed by atoms with van der Waals surface area (Å²) in [7, 11) is -1.29. The molecule has 1 aromatic rings. The van der Waals surface area contributed by atoms with E-state index in [1.54, 1.807) is 24.3 Å². The zero-order chi connectivity index (χ0) is 13.9. The third-order valence-electron chi connectivity index (χ3n) is 3.36. The van der Waals surface area contributed by atoms with E-state index in [2.05, 4.69) is 9.62 Å². The predicted molar refractivity (Wildman–Crippen MR) is 77.1 cm³/mol. The molecule has 3 N–H and O–H groups in total. The first-order chi connectivity index (χ1) is 8.98. The van der Waals surface area contributed by atoms with Crippen LogP contribution >= 0.6 is 0 Å². The van der Waals surface area contributed by atoms with Crippen LogP contribution in [-0.2, 0) is 15.8 Å². The molecule has 6 heteroatoms. The summed E-state index contributed by atoms with van der Waals surface area (Å²) in [5, 5.41) is 0. The zero-order valence-electron chi connectivity index (χ0n) is 11.2. The van der Waals surface area contributed by atoms with Crippen molar-refractivity contribution in [1.29, 1.82) is 0 Å². The highest BCUT2D eigenvalue weighted by molar-refractivity contribution is 7.88. The summed E-state index contributed by atoms with van der Waals surface area (Å²) in [6.07, 6.45) is 2.45. The average molecular weight is 283 g/mol. The second kappa shape index (κ2) is 5.90. The zero-order valence-corrected chi connectivity index (χ0v) is 12.0. The fraction of sp³-hybridized carbons (Fsp3) is 0.538. The van der Waals surface area contributed by atoms with E-state index in [1.807, 2.05) is 7.05 Å². The van der Waals surface area contributed by atoms with Crippen molar-refractivity contribution in [1.82, 2.24) is 9.62 Å². The number of rotatable bonds is 7. The van der Waals surface area contributed by atoms with Gasteiger partial charge >= 0.3 is 0 Å². The van der Waals surface area contributed by atoms with Gasteiger partial charge in [-0.15, -0.1) is 0 Å². The van der Waals surface area contributed by atoms with Crippen molar-refractivity contribution in [3.05, 3.63) is 29.8 Å². The molecule has 0 aromatic heterocycles. The molecule has 1 saturated carbocycles. The lowest BCUT2D eigenvalue weighted by molar-refractivity contribution is 0.329. The van der Waals surface area contributed by atoms with Gasteiger partial charge < -0.3 is 10.6 Å². The number of hydrogen-bond donors (Lipinski definition) is 2. The first-order valence-electron chi connectivity index (χ1n) is 6.49. The Labute approximate surface area is 114 Å². The van der Waals surface area contributed by atoms with Gasteiger partial charge in [0, 0.05) is 24.8 Å². The van der Waals surface area contributed by atoms with Gasteiger partial charge in [0.2, 0.25) is 10.0 Å². The van der Waals surface area contributed by atoms with Crippen molar-refractivity contribution in [3.8, 4) is 0 Å². The highest BCUT2D eigenvalue weighted by atomic mass is 32.2. The third kappa shape index (κ3) is 4.49. The summed E-state index contributed by atoms with van der Waals surface area (Å²) in [6, 6.07) is 7.69. The molecule has 1 aromatic carbocycles.